The second kappa shape index (κ2) is 5.80. The number of halogens is 1. The summed E-state index contributed by atoms with van der Waals surface area (Å²) in [4.78, 5) is 4.33. The maximum Gasteiger partial charge on any atom is 0.0410 e. The largest absolute Gasteiger partial charge is 0.330 e. The summed E-state index contributed by atoms with van der Waals surface area (Å²) in [5.41, 5.74) is 8.11. The van der Waals surface area contributed by atoms with Crippen LogP contribution in [-0.4, -0.2) is 11.5 Å². The molecule has 2 aromatic rings. The van der Waals surface area contributed by atoms with Crippen LogP contribution in [0.4, 0.5) is 0 Å². The van der Waals surface area contributed by atoms with Gasteiger partial charge in [-0.05, 0) is 42.8 Å². The standard InChI is InChI=1S/C14H15ClN2/c15-13-6-4-11(5-7-13)12(10-16)9-14-3-1-2-8-17-14/h1-8,12H,9-10,16H2. The van der Waals surface area contributed by atoms with Gasteiger partial charge < -0.3 is 5.73 Å². The van der Waals surface area contributed by atoms with Gasteiger partial charge in [-0.2, -0.15) is 0 Å². The lowest BCUT2D eigenvalue weighted by molar-refractivity contribution is 0.682. The number of pyridine rings is 1. The first kappa shape index (κ1) is 12.1. The fourth-order valence-corrected chi connectivity index (χ4v) is 1.97. The topological polar surface area (TPSA) is 38.9 Å². The molecule has 0 saturated heterocycles. The van der Waals surface area contributed by atoms with Gasteiger partial charge in [0.25, 0.3) is 0 Å². The molecule has 2 nitrogen and oxygen atoms in total. The molecule has 0 aliphatic heterocycles. The molecule has 1 heterocycles. The third-order valence-electron chi connectivity index (χ3n) is 2.81. The first-order valence-electron chi connectivity index (χ1n) is 5.65. The molecular weight excluding hydrogens is 232 g/mol. The van der Waals surface area contributed by atoms with Crippen molar-refractivity contribution < 1.29 is 0 Å². The van der Waals surface area contributed by atoms with Crippen LogP contribution >= 0.6 is 11.6 Å². The molecule has 0 aliphatic rings. The van der Waals surface area contributed by atoms with Gasteiger partial charge in [0, 0.05) is 22.8 Å². The van der Waals surface area contributed by atoms with Gasteiger partial charge in [-0.3, -0.25) is 4.98 Å². The molecule has 1 aromatic carbocycles. The minimum absolute atomic E-state index is 0.294. The highest BCUT2D eigenvalue weighted by atomic mass is 35.5. The van der Waals surface area contributed by atoms with Crippen molar-refractivity contribution >= 4 is 11.6 Å². The van der Waals surface area contributed by atoms with Gasteiger partial charge >= 0.3 is 0 Å². The SMILES string of the molecule is NCC(Cc1ccccn1)c1ccc(Cl)cc1. The third kappa shape index (κ3) is 3.29. The highest BCUT2D eigenvalue weighted by molar-refractivity contribution is 6.30. The van der Waals surface area contributed by atoms with Crippen LogP contribution in [0.3, 0.4) is 0 Å². The fourth-order valence-electron chi connectivity index (χ4n) is 1.84. The number of nitrogens with zero attached hydrogens (tertiary/aromatic N) is 1. The summed E-state index contributed by atoms with van der Waals surface area (Å²) < 4.78 is 0. The fraction of sp³-hybridized carbons (Fsp3) is 0.214. The second-order valence-electron chi connectivity index (χ2n) is 4.01. The highest BCUT2D eigenvalue weighted by Gasteiger charge is 2.10. The van der Waals surface area contributed by atoms with E-state index in [-0.39, 0.29) is 0 Å². The van der Waals surface area contributed by atoms with E-state index in [2.05, 4.69) is 4.98 Å². The number of benzene rings is 1. The molecule has 1 aromatic heterocycles. The lowest BCUT2D eigenvalue weighted by Crippen LogP contribution is -2.15. The Kier molecular flexibility index (Phi) is 4.13. The van der Waals surface area contributed by atoms with Crippen LogP contribution in [0.5, 0.6) is 0 Å². The third-order valence-corrected chi connectivity index (χ3v) is 3.06. The Bertz CT molecular complexity index is 453. The number of nitrogens with two attached hydrogens (primary N) is 1. The Morgan fingerprint density at radius 3 is 2.47 bits per heavy atom. The van der Waals surface area contributed by atoms with Crippen molar-refractivity contribution in [3.05, 3.63) is 64.9 Å². The maximum absolute atomic E-state index is 5.88. The van der Waals surface area contributed by atoms with Crippen molar-refractivity contribution in [1.82, 2.24) is 4.98 Å². The van der Waals surface area contributed by atoms with Crippen LogP contribution in [0.25, 0.3) is 0 Å². The van der Waals surface area contributed by atoms with Gasteiger partial charge in [0.05, 0.1) is 0 Å². The van der Waals surface area contributed by atoms with E-state index in [0.717, 1.165) is 17.1 Å². The van der Waals surface area contributed by atoms with Gasteiger partial charge in [-0.15, -0.1) is 0 Å². The molecular formula is C14H15ClN2. The van der Waals surface area contributed by atoms with Crippen LogP contribution in [0.15, 0.2) is 48.7 Å². The van der Waals surface area contributed by atoms with Gasteiger partial charge in [-0.25, -0.2) is 0 Å². The Morgan fingerprint density at radius 1 is 1.12 bits per heavy atom. The molecule has 0 amide bonds. The Balaban J connectivity index is 2.14. The van der Waals surface area contributed by atoms with Crippen LogP contribution in [-0.2, 0) is 6.42 Å². The quantitative estimate of drug-likeness (QED) is 0.901. The van der Waals surface area contributed by atoms with E-state index in [9.17, 15) is 0 Å². The molecule has 3 heteroatoms. The predicted molar refractivity (Wildman–Crippen MR) is 71.2 cm³/mol. The average Bonchev–Trinajstić information content (AvgIpc) is 2.38. The summed E-state index contributed by atoms with van der Waals surface area (Å²) in [6.45, 7) is 0.609. The van der Waals surface area contributed by atoms with Gasteiger partial charge in [0.15, 0.2) is 0 Å². The lowest BCUT2D eigenvalue weighted by Gasteiger charge is -2.14. The summed E-state index contributed by atoms with van der Waals surface area (Å²) in [6.07, 6.45) is 2.67. The molecule has 88 valence electrons. The van der Waals surface area contributed by atoms with Gasteiger partial charge in [0.1, 0.15) is 0 Å². The van der Waals surface area contributed by atoms with Crippen molar-refractivity contribution in [3.63, 3.8) is 0 Å². The minimum atomic E-state index is 0.294. The lowest BCUT2D eigenvalue weighted by atomic mass is 9.94. The molecule has 17 heavy (non-hydrogen) atoms. The maximum atomic E-state index is 5.88. The van der Waals surface area contributed by atoms with Gasteiger partial charge in [-0.1, -0.05) is 29.8 Å². The van der Waals surface area contributed by atoms with E-state index in [1.54, 1.807) is 0 Å². The Labute approximate surface area is 106 Å². The molecule has 2 rings (SSSR count). The summed E-state index contributed by atoms with van der Waals surface area (Å²) >= 11 is 5.88. The van der Waals surface area contributed by atoms with E-state index >= 15 is 0 Å². The van der Waals surface area contributed by atoms with E-state index in [1.807, 2.05) is 48.7 Å². The number of hydrogen-bond acceptors (Lipinski definition) is 2. The molecule has 0 saturated carbocycles. The van der Waals surface area contributed by atoms with Crippen molar-refractivity contribution in [1.29, 1.82) is 0 Å². The van der Waals surface area contributed by atoms with Crippen LogP contribution in [0, 0.1) is 0 Å². The predicted octanol–water partition coefficient (Wildman–Crippen LogP) is 3.02. The van der Waals surface area contributed by atoms with Crippen LogP contribution in [0.2, 0.25) is 5.02 Å². The van der Waals surface area contributed by atoms with E-state index < -0.39 is 0 Å². The van der Waals surface area contributed by atoms with E-state index in [0.29, 0.717) is 12.5 Å². The minimum Gasteiger partial charge on any atom is -0.330 e. The first-order valence-corrected chi connectivity index (χ1v) is 6.03. The average molecular weight is 247 g/mol. The highest BCUT2D eigenvalue weighted by Crippen LogP contribution is 2.20. The molecule has 1 atom stereocenters. The molecule has 0 radical (unpaired) electrons. The van der Waals surface area contributed by atoms with Gasteiger partial charge in [0.2, 0.25) is 0 Å². The van der Waals surface area contributed by atoms with Crippen LogP contribution < -0.4 is 5.73 Å². The molecule has 0 fully saturated rings. The van der Waals surface area contributed by atoms with Crippen molar-refractivity contribution in [3.8, 4) is 0 Å². The van der Waals surface area contributed by atoms with E-state index in [4.69, 9.17) is 17.3 Å². The van der Waals surface area contributed by atoms with E-state index in [1.165, 1.54) is 5.56 Å². The van der Waals surface area contributed by atoms with Crippen molar-refractivity contribution in [2.24, 2.45) is 5.73 Å². The second-order valence-corrected chi connectivity index (χ2v) is 4.45. The number of aromatic nitrogens is 1. The molecule has 1 unspecified atom stereocenters. The number of rotatable bonds is 4. The molecule has 0 spiro atoms. The summed E-state index contributed by atoms with van der Waals surface area (Å²) in [6, 6.07) is 13.8. The van der Waals surface area contributed by atoms with Crippen molar-refractivity contribution in [2.75, 3.05) is 6.54 Å². The number of hydrogen-bond donors (Lipinski definition) is 1. The van der Waals surface area contributed by atoms with Crippen LogP contribution in [0.1, 0.15) is 17.2 Å². The Hall–Kier alpha value is -1.38. The molecule has 0 bridgehead atoms. The zero-order valence-corrected chi connectivity index (χ0v) is 10.3. The summed E-state index contributed by atoms with van der Waals surface area (Å²) in [5.74, 6) is 0.294. The smallest absolute Gasteiger partial charge is 0.0410 e. The molecule has 2 N–H and O–H groups in total. The molecule has 0 aliphatic carbocycles. The zero-order chi connectivity index (χ0) is 12.1. The Morgan fingerprint density at radius 2 is 1.88 bits per heavy atom. The monoisotopic (exact) mass is 246 g/mol. The normalized spacial score (nSPS) is 12.4. The first-order chi connectivity index (χ1) is 8.29. The summed E-state index contributed by atoms with van der Waals surface area (Å²) in [5, 5.41) is 0.752. The summed E-state index contributed by atoms with van der Waals surface area (Å²) in [7, 11) is 0. The zero-order valence-electron chi connectivity index (χ0n) is 9.51. The van der Waals surface area contributed by atoms with Crippen molar-refractivity contribution in [2.45, 2.75) is 12.3 Å².